The Labute approximate surface area is 192 Å². The Balaban J connectivity index is 1.68. The number of rotatable bonds is 6. The molecule has 0 radical (unpaired) electrons. The largest absolute Gasteiger partial charge is 0.445 e. The highest BCUT2D eigenvalue weighted by Gasteiger charge is 2.32. The van der Waals surface area contributed by atoms with Gasteiger partial charge in [0.2, 0.25) is 11.7 Å². The highest BCUT2D eigenvalue weighted by atomic mass is 16.5. The SMILES string of the molecule is CC(C)C(NC(=O)OCc1ccccc1)C(=O)NC1Cc2cccc(n2)CCNC(=O)C1=O. The fourth-order valence-electron chi connectivity index (χ4n) is 3.44. The minimum Gasteiger partial charge on any atom is -0.445 e. The number of carbonyl (C=O) groups is 4. The maximum atomic E-state index is 13.0. The number of benzene rings is 1. The van der Waals surface area contributed by atoms with Crippen molar-refractivity contribution in [2.75, 3.05) is 6.54 Å². The summed E-state index contributed by atoms with van der Waals surface area (Å²) in [4.78, 5) is 54.8. The first-order chi connectivity index (χ1) is 15.8. The lowest BCUT2D eigenvalue weighted by atomic mass is 10.0. The molecular weight excluding hydrogens is 424 g/mol. The quantitative estimate of drug-likeness (QED) is 0.567. The van der Waals surface area contributed by atoms with Crippen molar-refractivity contribution in [1.29, 1.82) is 0 Å². The Kier molecular flexibility index (Phi) is 8.12. The van der Waals surface area contributed by atoms with Gasteiger partial charge in [-0.3, -0.25) is 19.4 Å². The van der Waals surface area contributed by atoms with E-state index in [4.69, 9.17) is 4.74 Å². The van der Waals surface area contributed by atoms with Crippen molar-refractivity contribution in [1.82, 2.24) is 20.9 Å². The standard InChI is InChI=1S/C24H28N4O5/c1-15(2)20(28-24(32)33-14-16-7-4-3-5-8-16)22(30)27-19-13-18-10-6-9-17(26-18)11-12-25-23(31)21(19)29/h3-10,15,19-20H,11-14H2,1-2H3,(H,25,31)(H,27,30)(H,28,32). The van der Waals surface area contributed by atoms with Crippen LogP contribution in [0.25, 0.3) is 0 Å². The second kappa shape index (κ2) is 11.2. The van der Waals surface area contributed by atoms with E-state index in [-0.39, 0.29) is 25.5 Å². The molecule has 2 bridgehead atoms. The van der Waals surface area contributed by atoms with Crippen LogP contribution in [0.3, 0.4) is 0 Å². The van der Waals surface area contributed by atoms with Gasteiger partial charge < -0.3 is 20.7 Å². The van der Waals surface area contributed by atoms with Crippen molar-refractivity contribution in [3.8, 4) is 0 Å². The van der Waals surface area contributed by atoms with E-state index < -0.39 is 35.8 Å². The molecule has 0 spiro atoms. The number of nitrogens with zero attached hydrogens (tertiary/aromatic N) is 1. The van der Waals surface area contributed by atoms with Crippen molar-refractivity contribution < 1.29 is 23.9 Å². The number of fused-ring (bicyclic) bond motifs is 2. The summed E-state index contributed by atoms with van der Waals surface area (Å²) in [5, 5.41) is 7.74. The zero-order chi connectivity index (χ0) is 23.8. The van der Waals surface area contributed by atoms with Gasteiger partial charge in [0.15, 0.2) is 0 Å². The van der Waals surface area contributed by atoms with Gasteiger partial charge in [-0.1, -0.05) is 50.2 Å². The number of ketones is 1. The molecule has 0 fully saturated rings. The van der Waals surface area contributed by atoms with Crippen LogP contribution in [0.2, 0.25) is 0 Å². The van der Waals surface area contributed by atoms with Crippen molar-refractivity contribution >= 4 is 23.7 Å². The Morgan fingerprint density at radius 2 is 1.82 bits per heavy atom. The van der Waals surface area contributed by atoms with Crippen LogP contribution in [0, 0.1) is 5.92 Å². The van der Waals surface area contributed by atoms with Gasteiger partial charge in [0.25, 0.3) is 5.91 Å². The van der Waals surface area contributed by atoms with Crippen LogP contribution in [0.15, 0.2) is 48.5 Å². The molecule has 1 aromatic heterocycles. The van der Waals surface area contributed by atoms with E-state index in [0.29, 0.717) is 12.1 Å². The molecule has 1 aromatic carbocycles. The lowest BCUT2D eigenvalue weighted by Crippen LogP contribution is -2.56. The molecule has 9 nitrogen and oxygen atoms in total. The Morgan fingerprint density at radius 3 is 2.55 bits per heavy atom. The number of hydrogen-bond donors (Lipinski definition) is 3. The van der Waals surface area contributed by atoms with Crippen molar-refractivity contribution in [2.24, 2.45) is 5.92 Å². The predicted molar refractivity (Wildman–Crippen MR) is 120 cm³/mol. The number of alkyl carbamates (subject to hydrolysis) is 1. The number of Topliss-reactive ketones (excluding diaryl/α,β-unsaturated/α-hetero) is 1. The summed E-state index contributed by atoms with van der Waals surface area (Å²) in [6.45, 7) is 3.84. The van der Waals surface area contributed by atoms with E-state index in [1.54, 1.807) is 19.9 Å². The third-order valence-corrected chi connectivity index (χ3v) is 5.24. The number of carbonyl (C=O) groups excluding carboxylic acids is 4. The van der Waals surface area contributed by atoms with Crippen LogP contribution in [-0.4, -0.2) is 47.3 Å². The van der Waals surface area contributed by atoms with Crippen molar-refractivity contribution in [3.05, 3.63) is 65.5 Å². The van der Waals surface area contributed by atoms with Gasteiger partial charge >= 0.3 is 6.09 Å². The van der Waals surface area contributed by atoms with Gasteiger partial charge in [0.05, 0.1) is 0 Å². The average Bonchev–Trinajstić information content (AvgIpc) is 2.80. The normalized spacial score (nSPS) is 17.0. The topological polar surface area (TPSA) is 126 Å². The van der Waals surface area contributed by atoms with Gasteiger partial charge in [-0.2, -0.15) is 0 Å². The molecule has 2 aromatic rings. The van der Waals surface area contributed by atoms with Gasteiger partial charge in [-0.15, -0.1) is 0 Å². The summed E-state index contributed by atoms with van der Waals surface area (Å²) in [6.07, 6.45) is -0.180. The van der Waals surface area contributed by atoms with Crippen LogP contribution in [0.4, 0.5) is 4.79 Å². The van der Waals surface area contributed by atoms with E-state index in [0.717, 1.165) is 11.3 Å². The molecule has 3 N–H and O–H groups in total. The predicted octanol–water partition coefficient (Wildman–Crippen LogP) is 1.30. The fraction of sp³-hybridized carbons (Fsp3) is 0.375. The van der Waals surface area contributed by atoms with E-state index in [1.807, 2.05) is 42.5 Å². The molecule has 0 saturated heterocycles. The summed E-state index contributed by atoms with van der Waals surface area (Å²) >= 11 is 0. The highest BCUT2D eigenvalue weighted by molar-refractivity contribution is 6.38. The molecule has 2 unspecified atom stereocenters. The molecule has 0 saturated carbocycles. The van der Waals surface area contributed by atoms with E-state index >= 15 is 0 Å². The minimum atomic E-state index is -1.11. The van der Waals surface area contributed by atoms with Gasteiger partial charge in [0.1, 0.15) is 18.7 Å². The summed E-state index contributed by atoms with van der Waals surface area (Å²) in [6, 6.07) is 12.5. The summed E-state index contributed by atoms with van der Waals surface area (Å²) < 4.78 is 5.21. The van der Waals surface area contributed by atoms with Crippen LogP contribution in [0.1, 0.15) is 30.8 Å². The molecule has 0 aliphatic carbocycles. The smallest absolute Gasteiger partial charge is 0.408 e. The summed E-state index contributed by atoms with van der Waals surface area (Å²) in [5.41, 5.74) is 2.19. The highest BCUT2D eigenvalue weighted by Crippen LogP contribution is 2.09. The number of hydrogen-bond acceptors (Lipinski definition) is 6. The third kappa shape index (κ3) is 6.86. The molecule has 9 heteroatoms. The van der Waals surface area contributed by atoms with Gasteiger partial charge in [-0.25, -0.2) is 4.79 Å². The zero-order valence-corrected chi connectivity index (χ0v) is 18.7. The second-order valence-electron chi connectivity index (χ2n) is 8.18. The number of nitrogens with one attached hydrogen (secondary N) is 3. The average molecular weight is 453 g/mol. The van der Waals surface area contributed by atoms with Crippen LogP contribution >= 0.6 is 0 Å². The minimum absolute atomic E-state index is 0.0579. The Hall–Kier alpha value is -3.75. The van der Waals surface area contributed by atoms with E-state index in [9.17, 15) is 19.2 Å². The number of ether oxygens (including phenoxy) is 1. The molecule has 1 aliphatic rings. The zero-order valence-electron chi connectivity index (χ0n) is 18.7. The van der Waals surface area contributed by atoms with Crippen LogP contribution in [0.5, 0.6) is 0 Å². The number of aromatic nitrogens is 1. The second-order valence-corrected chi connectivity index (χ2v) is 8.18. The van der Waals surface area contributed by atoms with Gasteiger partial charge in [0, 0.05) is 30.8 Å². The molecular formula is C24H28N4O5. The van der Waals surface area contributed by atoms with Crippen molar-refractivity contribution in [3.63, 3.8) is 0 Å². The third-order valence-electron chi connectivity index (χ3n) is 5.24. The Morgan fingerprint density at radius 1 is 1.09 bits per heavy atom. The number of amides is 3. The van der Waals surface area contributed by atoms with Gasteiger partial charge in [-0.05, 0) is 23.6 Å². The van der Waals surface area contributed by atoms with Crippen LogP contribution in [-0.2, 0) is 38.6 Å². The lowest BCUT2D eigenvalue weighted by molar-refractivity contribution is -0.140. The monoisotopic (exact) mass is 452 g/mol. The summed E-state index contributed by atoms with van der Waals surface area (Å²) in [5.74, 6) is -2.39. The summed E-state index contributed by atoms with van der Waals surface area (Å²) in [7, 11) is 0. The molecule has 3 amide bonds. The first-order valence-corrected chi connectivity index (χ1v) is 10.9. The molecule has 174 valence electrons. The van der Waals surface area contributed by atoms with E-state index in [1.165, 1.54) is 0 Å². The molecule has 2 atom stereocenters. The number of pyridine rings is 1. The Bertz CT molecular complexity index is 1010. The first-order valence-electron chi connectivity index (χ1n) is 10.9. The first kappa shape index (κ1) is 23.9. The van der Waals surface area contributed by atoms with Crippen LogP contribution < -0.4 is 16.0 Å². The maximum absolute atomic E-state index is 13.0. The van der Waals surface area contributed by atoms with Crippen molar-refractivity contribution in [2.45, 2.75) is 45.4 Å². The molecule has 1 aliphatic heterocycles. The molecule has 33 heavy (non-hydrogen) atoms. The lowest BCUT2D eigenvalue weighted by Gasteiger charge is -2.25. The molecule has 2 heterocycles. The maximum Gasteiger partial charge on any atom is 0.408 e. The molecule has 3 rings (SSSR count). The van der Waals surface area contributed by atoms with E-state index in [2.05, 4.69) is 20.9 Å². The fourth-order valence-corrected chi connectivity index (χ4v) is 3.44.